The summed E-state index contributed by atoms with van der Waals surface area (Å²) in [4.78, 5) is 22.0. The molecule has 2 aromatic rings. The molecule has 1 saturated heterocycles. The van der Waals surface area contributed by atoms with E-state index < -0.39 is 5.82 Å². The number of hydrogen-bond acceptors (Lipinski definition) is 6. The van der Waals surface area contributed by atoms with Crippen LogP contribution >= 0.6 is 0 Å². The Kier molecular flexibility index (Phi) is 4.59. The lowest BCUT2D eigenvalue weighted by Crippen LogP contribution is -2.44. The van der Waals surface area contributed by atoms with Crippen LogP contribution in [0.4, 0.5) is 4.39 Å². The summed E-state index contributed by atoms with van der Waals surface area (Å²) in [5.74, 6) is -0.382. The minimum absolute atomic E-state index is 0.106. The highest BCUT2D eigenvalue weighted by atomic mass is 19.1. The summed E-state index contributed by atoms with van der Waals surface area (Å²) in [5, 5.41) is 4.10. The highest BCUT2D eigenvalue weighted by molar-refractivity contribution is 5.96. The number of carbonyl (C=O) groups is 1. The predicted octanol–water partition coefficient (Wildman–Crippen LogP) is 1.04. The molecule has 0 saturated carbocycles. The van der Waals surface area contributed by atoms with Gasteiger partial charge in [0, 0.05) is 19.8 Å². The topological polar surface area (TPSA) is 82.4 Å². The Balaban J connectivity index is 1.68. The first-order valence-electron chi connectivity index (χ1n) is 7.58. The lowest BCUT2D eigenvalue weighted by molar-refractivity contribution is 0.0512. The lowest BCUT2D eigenvalue weighted by Gasteiger charge is -2.32. The maximum atomic E-state index is 12.8. The number of carbonyl (C=O) groups excluding carboxylic acids is 1. The minimum Gasteiger partial charge on any atom is -0.479 e. The molecule has 3 rings (SSSR count). The molecule has 24 heavy (non-hydrogen) atoms. The first-order chi connectivity index (χ1) is 11.6. The van der Waals surface area contributed by atoms with Crippen molar-refractivity contribution in [3.8, 4) is 11.9 Å². The first kappa shape index (κ1) is 16.2. The van der Waals surface area contributed by atoms with E-state index in [9.17, 15) is 9.18 Å². The van der Waals surface area contributed by atoms with Gasteiger partial charge in [-0.15, -0.1) is 5.10 Å². The van der Waals surface area contributed by atoms with Crippen LogP contribution in [0.25, 0.3) is 0 Å². The van der Waals surface area contributed by atoms with E-state index in [1.165, 1.54) is 11.8 Å². The van der Waals surface area contributed by atoms with Crippen molar-refractivity contribution in [1.29, 1.82) is 0 Å². The number of aromatic nitrogens is 4. The molecule has 9 heteroatoms. The zero-order chi connectivity index (χ0) is 17.1. The number of ether oxygens (including phenoxy) is 2. The molecular formula is C15H18FN5O3. The van der Waals surface area contributed by atoms with Gasteiger partial charge in [0.1, 0.15) is 11.7 Å². The number of rotatable bonds is 4. The van der Waals surface area contributed by atoms with Gasteiger partial charge in [0.25, 0.3) is 5.91 Å². The Morgan fingerprint density at radius 1 is 1.38 bits per heavy atom. The molecule has 1 amide bonds. The number of nitrogens with zero attached hydrogens (tertiary/aromatic N) is 5. The van der Waals surface area contributed by atoms with Crippen LogP contribution < -0.4 is 9.47 Å². The molecule has 1 aliphatic heterocycles. The van der Waals surface area contributed by atoms with E-state index in [1.807, 2.05) is 0 Å². The molecule has 1 atom stereocenters. The number of aryl methyl sites for hydroxylation is 1. The second kappa shape index (κ2) is 6.81. The fourth-order valence-corrected chi connectivity index (χ4v) is 2.67. The molecule has 128 valence electrons. The molecule has 1 aliphatic rings. The van der Waals surface area contributed by atoms with Gasteiger partial charge in [-0.25, -0.2) is 14.4 Å². The standard InChI is InChI=1S/C15H18FN5O3/c1-20-9-12(13(19-20)23-2)14(22)21-5-3-4-11(8-21)24-15-17-6-10(16)7-18-15/h6-7,9,11H,3-5,8H2,1-2H3/t11-/m1/s1. The third-order valence-corrected chi connectivity index (χ3v) is 3.75. The van der Waals surface area contributed by atoms with Gasteiger partial charge in [-0.05, 0) is 12.8 Å². The maximum Gasteiger partial charge on any atom is 0.316 e. The van der Waals surface area contributed by atoms with Gasteiger partial charge >= 0.3 is 6.01 Å². The molecule has 0 N–H and O–H groups in total. The van der Waals surface area contributed by atoms with Crippen LogP contribution in [0.5, 0.6) is 11.9 Å². The van der Waals surface area contributed by atoms with Crippen LogP contribution in [-0.2, 0) is 7.05 Å². The molecule has 1 fully saturated rings. The van der Waals surface area contributed by atoms with Crippen molar-refractivity contribution in [2.75, 3.05) is 20.2 Å². The number of amides is 1. The van der Waals surface area contributed by atoms with E-state index >= 15 is 0 Å². The highest BCUT2D eigenvalue weighted by Gasteiger charge is 2.29. The SMILES string of the molecule is COc1nn(C)cc1C(=O)N1CCC[C@@H](Oc2ncc(F)cn2)C1. The quantitative estimate of drug-likeness (QED) is 0.830. The number of likely N-dealkylation sites (tertiary alicyclic amines) is 1. The summed E-state index contributed by atoms with van der Waals surface area (Å²) in [5.41, 5.74) is 0.415. The summed E-state index contributed by atoms with van der Waals surface area (Å²) in [6.45, 7) is 1.03. The highest BCUT2D eigenvalue weighted by Crippen LogP contribution is 2.21. The van der Waals surface area contributed by atoms with E-state index in [-0.39, 0.29) is 18.0 Å². The van der Waals surface area contributed by atoms with Gasteiger partial charge in [0.15, 0.2) is 5.82 Å². The third kappa shape index (κ3) is 3.44. The number of piperidine rings is 1. The molecular weight excluding hydrogens is 317 g/mol. The monoisotopic (exact) mass is 335 g/mol. The zero-order valence-electron chi connectivity index (χ0n) is 13.5. The predicted molar refractivity (Wildman–Crippen MR) is 81.3 cm³/mol. The molecule has 3 heterocycles. The van der Waals surface area contributed by atoms with Gasteiger partial charge in [-0.1, -0.05) is 0 Å². The van der Waals surface area contributed by atoms with Crippen LogP contribution in [-0.4, -0.2) is 56.9 Å². The smallest absolute Gasteiger partial charge is 0.316 e. The van der Waals surface area contributed by atoms with E-state index in [4.69, 9.17) is 9.47 Å². The van der Waals surface area contributed by atoms with Crippen LogP contribution in [0, 0.1) is 5.82 Å². The van der Waals surface area contributed by atoms with Crippen molar-refractivity contribution in [3.05, 3.63) is 30.0 Å². The summed E-state index contributed by atoms with van der Waals surface area (Å²) in [7, 11) is 3.21. The van der Waals surface area contributed by atoms with Gasteiger partial charge < -0.3 is 14.4 Å². The van der Waals surface area contributed by atoms with Crippen molar-refractivity contribution in [1.82, 2.24) is 24.6 Å². The summed E-state index contributed by atoms with van der Waals surface area (Å²) >= 11 is 0. The molecule has 0 spiro atoms. The minimum atomic E-state index is -0.522. The van der Waals surface area contributed by atoms with Crippen molar-refractivity contribution >= 4 is 5.91 Å². The van der Waals surface area contributed by atoms with Gasteiger partial charge in [-0.2, -0.15) is 0 Å². The Morgan fingerprint density at radius 2 is 2.12 bits per heavy atom. The van der Waals surface area contributed by atoms with E-state index in [0.29, 0.717) is 24.5 Å². The normalized spacial score (nSPS) is 17.6. The van der Waals surface area contributed by atoms with Gasteiger partial charge in [0.05, 0.1) is 26.0 Å². The molecule has 0 bridgehead atoms. The molecule has 0 unspecified atom stereocenters. The molecule has 0 aromatic carbocycles. The van der Waals surface area contributed by atoms with Crippen LogP contribution in [0.15, 0.2) is 18.6 Å². The Labute approximate surface area is 138 Å². The maximum absolute atomic E-state index is 12.8. The molecule has 0 aliphatic carbocycles. The largest absolute Gasteiger partial charge is 0.479 e. The summed E-state index contributed by atoms with van der Waals surface area (Å²) in [6.07, 6.45) is 5.06. The van der Waals surface area contributed by atoms with E-state index in [0.717, 1.165) is 25.2 Å². The Bertz CT molecular complexity index is 718. The first-order valence-corrected chi connectivity index (χ1v) is 7.58. The van der Waals surface area contributed by atoms with Gasteiger partial charge in [0.2, 0.25) is 5.88 Å². The van der Waals surface area contributed by atoms with Crippen LogP contribution in [0.3, 0.4) is 0 Å². The fraction of sp³-hybridized carbons (Fsp3) is 0.467. The average Bonchev–Trinajstić information content (AvgIpc) is 2.97. The second-order valence-corrected chi connectivity index (χ2v) is 5.54. The second-order valence-electron chi connectivity index (χ2n) is 5.54. The lowest BCUT2D eigenvalue weighted by atomic mass is 10.1. The van der Waals surface area contributed by atoms with Crippen LogP contribution in [0.2, 0.25) is 0 Å². The number of methoxy groups -OCH3 is 1. The summed E-state index contributed by atoms with van der Waals surface area (Å²) in [6, 6.07) is 0.106. The van der Waals surface area contributed by atoms with Crippen molar-refractivity contribution in [2.24, 2.45) is 7.05 Å². The Hall–Kier alpha value is -2.71. The van der Waals surface area contributed by atoms with Crippen molar-refractivity contribution < 1.29 is 18.7 Å². The van der Waals surface area contributed by atoms with E-state index in [1.54, 1.807) is 18.1 Å². The number of halogens is 1. The summed E-state index contributed by atoms with van der Waals surface area (Å²) < 4.78 is 25.2. The van der Waals surface area contributed by atoms with Crippen LogP contribution in [0.1, 0.15) is 23.2 Å². The zero-order valence-corrected chi connectivity index (χ0v) is 13.5. The molecule has 0 radical (unpaired) electrons. The Morgan fingerprint density at radius 3 is 2.83 bits per heavy atom. The van der Waals surface area contributed by atoms with Crippen molar-refractivity contribution in [2.45, 2.75) is 18.9 Å². The molecule has 2 aromatic heterocycles. The average molecular weight is 335 g/mol. The van der Waals surface area contributed by atoms with Crippen molar-refractivity contribution in [3.63, 3.8) is 0 Å². The number of hydrogen-bond donors (Lipinski definition) is 0. The third-order valence-electron chi connectivity index (χ3n) is 3.75. The van der Waals surface area contributed by atoms with E-state index in [2.05, 4.69) is 15.1 Å². The fourth-order valence-electron chi connectivity index (χ4n) is 2.67. The van der Waals surface area contributed by atoms with Gasteiger partial charge in [-0.3, -0.25) is 9.48 Å². The molecule has 8 nitrogen and oxygen atoms in total.